The molecule has 7 nitrogen and oxygen atoms in total. The zero-order chi connectivity index (χ0) is 20.8. The molecule has 0 unspecified atom stereocenters. The molecule has 0 bridgehead atoms. The molecule has 156 valence electrons. The number of likely N-dealkylation sites (N-methyl/N-ethyl adjacent to an activating group) is 1. The molecule has 1 fully saturated rings. The van der Waals surface area contributed by atoms with Crippen molar-refractivity contribution in [2.45, 2.75) is 26.3 Å². The van der Waals surface area contributed by atoms with Gasteiger partial charge >= 0.3 is 0 Å². The van der Waals surface area contributed by atoms with E-state index in [1.165, 1.54) is 17.0 Å². The van der Waals surface area contributed by atoms with Gasteiger partial charge in [0.15, 0.2) is 0 Å². The van der Waals surface area contributed by atoms with Crippen LogP contribution in [0.25, 0.3) is 0 Å². The molecule has 0 spiro atoms. The lowest BCUT2D eigenvalue weighted by atomic mass is 10.1. The summed E-state index contributed by atoms with van der Waals surface area (Å²) in [6, 6.07) is 3.54. The minimum absolute atomic E-state index is 0.0147. The fourth-order valence-corrected chi connectivity index (χ4v) is 3.21. The molecule has 1 aliphatic rings. The molecule has 0 saturated carbocycles. The van der Waals surface area contributed by atoms with Crippen LogP contribution in [0.1, 0.15) is 25.8 Å². The van der Waals surface area contributed by atoms with Crippen LogP contribution in [-0.2, 0) is 14.3 Å². The number of hydrogen-bond donors (Lipinski definition) is 2. The summed E-state index contributed by atoms with van der Waals surface area (Å²) in [6.45, 7) is 5.31. The maximum atomic E-state index is 13.6. The third kappa shape index (κ3) is 5.46. The number of rotatable bonds is 8. The first-order chi connectivity index (χ1) is 13.2. The molecule has 1 saturated heterocycles. The second kappa shape index (κ2) is 9.90. The zero-order valence-electron chi connectivity index (χ0n) is 16.5. The van der Waals surface area contributed by atoms with Gasteiger partial charge in [-0.25, -0.2) is 8.78 Å². The highest BCUT2D eigenvalue weighted by Gasteiger charge is 2.26. The van der Waals surface area contributed by atoms with E-state index in [4.69, 9.17) is 10.5 Å². The van der Waals surface area contributed by atoms with E-state index in [2.05, 4.69) is 5.32 Å². The number of ether oxygens (including phenoxy) is 1. The molecular formula is C19H28F2N4O3. The van der Waals surface area contributed by atoms with Crippen LogP contribution in [0, 0.1) is 5.92 Å². The van der Waals surface area contributed by atoms with Crippen LogP contribution in [0.4, 0.5) is 20.2 Å². The summed E-state index contributed by atoms with van der Waals surface area (Å²) in [6.07, 6.45) is -2.81. The zero-order valence-corrected chi connectivity index (χ0v) is 16.5. The van der Waals surface area contributed by atoms with Gasteiger partial charge in [-0.15, -0.1) is 0 Å². The number of carbonyl (C=O) groups is 2. The number of alkyl halides is 2. The number of hydrogen-bond acceptors (Lipinski definition) is 5. The molecule has 28 heavy (non-hydrogen) atoms. The van der Waals surface area contributed by atoms with Crippen LogP contribution < -0.4 is 16.0 Å². The Kier molecular flexibility index (Phi) is 7.85. The molecule has 1 heterocycles. The molecular weight excluding hydrogens is 370 g/mol. The van der Waals surface area contributed by atoms with Gasteiger partial charge in [-0.2, -0.15) is 0 Å². The molecule has 1 aromatic carbocycles. The smallest absolute Gasteiger partial charge is 0.265 e. The van der Waals surface area contributed by atoms with E-state index in [9.17, 15) is 18.4 Å². The highest BCUT2D eigenvalue weighted by molar-refractivity contribution is 5.97. The summed E-state index contributed by atoms with van der Waals surface area (Å²) in [5, 5.41) is 2.57. The third-order valence-electron chi connectivity index (χ3n) is 4.54. The standard InChI is InChI=1S/C19H28F2N4O3/c1-12(2)10-24(3)16(9-22)19(27)23-15-5-4-13(8-14(15)18(20)21)25-6-7-28-11-17(25)26/h4-5,8,12,16,18H,6-7,9-11,22H2,1-3H3,(H,23,27)/t16-/m1/s1. The molecule has 1 atom stereocenters. The molecule has 0 aliphatic carbocycles. The Morgan fingerprint density at radius 1 is 1.39 bits per heavy atom. The van der Waals surface area contributed by atoms with E-state index in [0.717, 1.165) is 0 Å². The van der Waals surface area contributed by atoms with Crippen LogP contribution in [0.2, 0.25) is 0 Å². The van der Waals surface area contributed by atoms with Gasteiger partial charge in [0.05, 0.1) is 6.61 Å². The average molecular weight is 398 g/mol. The Morgan fingerprint density at radius 3 is 2.68 bits per heavy atom. The summed E-state index contributed by atoms with van der Waals surface area (Å²) in [5.41, 5.74) is 5.76. The third-order valence-corrected chi connectivity index (χ3v) is 4.54. The Labute approximate surface area is 163 Å². The molecule has 1 aliphatic heterocycles. The number of nitrogens with one attached hydrogen (secondary N) is 1. The van der Waals surface area contributed by atoms with Gasteiger partial charge < -0.3 is 20.7 Å². The molecule has 9 heteroatoms. The number of morpholine rings is 1. The summed E-state index contributed by atoms with van der Waals surface area (Å²) < 4.78 is 32.3. The van der Waals surface area contributed by atoms with Crippen molar-refractivity contribution < 1.29 is 23.1 Å². The highest BCUT2D eigenvalue weighted by atomic mass is 19.3. The van der Waals surface area contributed by atoms with Crippen molar-refractivity contribution in [1.29, 1.82) is 0 Å². The van der Waals surface area contributed by atoms with Crippen molar-refractivity contribution in [1.82, 2.24) is 4.90 Å². The lowest BCUT2D eigenvalue weighted by Gasteiger charge is -2.29. The van der Waals surface area contributed by atoms with Crippen LogP contribution in [0.15, 0.2) is 18.2 Å². The normalized spacial score (nSPS) is 16.2. The Hall–Kier alpha value is -2.10. The summed E-state index contributed by atoms with van der Waals surface area (Å²) >= 11 is 0. The second-order valence-corrected chi connectivity index (χ2v) is 7.24. The van der Waals surface area contributed by atoms with Crippen molar-refractivity contribution in [2.24, 2.45) is 11.7 Å². The van der Waals surface area contributed by atoms with Crippen molar-refractivity contribution >= 4 is 23.2 Å². The van der Waals surface area contributed by atoms with Gasteiger partial charge in [0.25, 0.3) is 12.3 Å². The predicted molar refractivity (Wildman–Crippen MR) is 104 cm³/mol. The molecule has 0 radical (unpaired) electrons. The fourth-order valence-electron chi connectivity index (χ4n) is 3.21. The summed E-state index contributed by atoms with van der Waals surface area (Å²) in [4.78, 5) is 27.8. The second-order valence-electron chi connectivity index (χ2n) is 7.24. The van der Waals surface area contributed by atoms with Crippen LogP contribution in [0.5, 0.6) is 0 Å². The minimum Gasteiger partial charge on any atom is -0.370 e. The first-order valence-electron chi connectivity index (χ1n) is 9.26. The molecule has 2 amide bonds. The van der Waals surface area contributed by atoms with Crippen molar-refractivity contribution in [3.05, 3.63) is 23.8 Å². The van der Waals surface area contributed by atoms with E-state index >= 15 is 0 Å². The lowest BCUT2D eigenvalue weighted by molar-refractivity contribution is -0.125. The van der Waals surface area contributed by atoms with Crippen LogP contribution in [-0.4, -0.2) is 62.7 Å². The number of nitrogens with two attached hydrogens (primary N) is 1. The van der Waals surface area contributed by atoms with Gasteiger partial charge in [0.2, 0.25) is 5.91 Å². The van der Waals surface area contributed by atoms with E-state index in [0.29, 0.717) is 31.3 Å². The first-order valence-corrected chi connectivity index (χ1v) is 9.26. The Bertz CT molecular complexity index is 700. The van der Waals surface area contributed by atoms with Crippen molar-refractivity contribution in [3.8, 4) is 0 Å². The number of halogens is 2. The minimum atomic E-state index is -2.81. The number of anilines is 2. The maximum absolute atomic E-state index is 13.6. The average Bonchev–Trinajstić information content (AvgIpc) is 2.62. The number of amides is 2. The molecule has 0 aromatic heterocycles. The SMILES string of the molecule is CC(C)CN(C)[C@H](CN)C(=O)Nc1ccc(N2CCOCC2=O)cc1C(F)F. The van der Waals surface area contributed by atoms with Gasteiger partial charge in [0.1, 0.15) is 12.6 Å². The number of benzene rings is 1. The van der Waals surface area contributed by atoms with Crippen molar-refractivity contribution in [3.63, 3.8) is 0 Å². The maximum Gasteiger partial charge on any atom is 0.265 e. The topological polar surface area (TPSA) is 87.9 Å². The van der Waals surface area contributed by atoms with Gasteiger partial charge in [-0.05, 0) is 31.2 Å². The van der Waals surface area contributed by atoms with Gasteiger partial charge in [0, 0.05) is 36.6 Å². The van der Waals surface area contributed by atoms with Gasteiger partial charge in [-0.3, -0.25) is 14.5 Å². The van der Waals surface area contributed by atoms with Gasteiger partial charge in [-0.1, -0.05) is 13.8 Å². The van der Waals surface area contributed by atoms with Crippen LogP contribution >= 0.6 is 0 Å². The summed E-state index contributed by atoms with van der Waals surface area (Å²) in [7, 11) is 1.78. The van der Waals surface area contributed by atoms with Crippen LogP contribution in [0.3, 0.4) is 0 Å². The number of nitrogens with zero attached hydrogens (tertiary/aromatic N) is 2. The quantitative estimate of drug-likeness (QED) is 0.698. The van der Waals surface area contributed by atoms with E-state index in [-0.39, 0.29) is 30.3 Å². The molecule has 2 rings (SSSR count). The molecule has 1 aromatic rings. The monoisotopic (exact) mass is 398 g/mol. The Morgan fingerprint density at radius 2 is 2.11 bits per heavy atom. The van der Waals surface area contributed by atoms with E-state index in [1.807, 2.05) is 18.7 Å². The van der Waals surface area contributed by atoms with E-state index in [1.54, 1.807) is 13.1 Å². The van der Waals surface area contributed by atoms with E-state index < -0.39 is 18.4 Å². The summed E-state index contributed by atoms with van der Waals surface area (Å²) in [5.74, 6) is -0.404. The highest BCUT2D eigenvalue weighted by Crippen LogP contribution is 2.32. The number of carbonyl (C=O) groups excluding carboxylic acids is 2. The first kappa shape index (κ1) is 22.2. The molecule has 3 N–H and O–H groups in total. The predicted octanol–water partition coefficient (Wildman–Crippen LogP) is 1.84. The lowest BCUT2D eigenvalue weighted by Crippen LogP contribution is -2.48. The fraction of sp³-hybridized carbons (Fsp3) is 0.579. The Balaban J connectivity index is 2.22. The van der Waals surface area contributed by atoms with Crippen molar-refractivity contribution in [2.75, 3.05) is 50.1 Å². The largest absolute Gasteiger partial charge is 0.370 e.